The zero-order valence-electron chi connectivity index (χ0n) is 12.4. The Bertz CT molecular complexity index is 344. The molecule has 0 aromatic heterocycles. The minimum Gasteiger partial charge on any atom is -0.374 e. The van der Waals surface area contributed by atoms with Crippen LogP contribution in [-0.2, 0) is 14.6 Å². The molecule has 1 aliphatic rings. The van der Waals surface area contributed by atoms with Gasteiger partial charge in [-0.1, -0.05) is 6.92 Å². The first kappa shape index (κ1) is 16.9. The highest BCUT2D eigenvalue weighted by Gasteiger charge is 2.26. The molecular weight excluding hydrogens is 264 g/mol. The molecule has 0 amide bonds. The summed E-state index contributed by atoms with van der Waals surface area (Å²) < 4.78 is 28.1. The molecule has 0 aromatic carbocycles. The van der Waals surface area contributed by atoms with Gasteiger partial charge in [0.15, 0.2) is 0 Å². The van der Waals surface area contributed by atoms with Crippen LogP contribution in [0.3, 0.4) is 0 Å². The smallest absolute Gasteiger partial charge is 0.147 e. The monoisotopic (exact) mass is 292 g/mol. The van der Waals surface area contributed by atoms with Crippen molar-refractivity contribution in [1.29, 1.82) is 0 Å². The Labute approximate surface area is 117 Å². The number of hydrogen-bond donors (Lipinski definition) is 1. The largest absolute Gasteiger partial charge is 0.374 e. The third-order valence-electron chi connectivity index (χ3n) is 3.57. The van der Waals surface area contributed by atoms with E-state index in [9.17, 15) is 8.42 Å². The van der Waals surface area contributed by atoms with Crippen molar-refractivity contribution in [3.05, 3.63) is 0 Å². The van der Waals surface area contributed by atoms with Gasteiger partial charge in [0.05, 0.1) is 12.7 Å². The predicted octanol–water partition coefficient (Wildman–Crippen LogP) is 0.510. The minimum atomic E-state index is -2.86. The van der Waals surface area contributed by atoms with Gasteiger partial charge in [0.1, 0.15) is 9.84 Å². The van der Waals surface area contributed by atoms with Gasteiger partial charge in [-0.3, -0.25) is 4.90 Å². The third kappa shape index (κ3) is 6.70. The second-order valence-corrected chi connectivity index (χ2v) is 7.64. The SMILES string of the molecule is CCCN1CCOC(C(CCCS(C)(=O)=O)NC)C1. The van der Waals surface area contributed by atoms with Crippen molar-refractivity contribution >= 4 is 9.84 Å². The Morgan fingerprint density at radius 1 is 1.47 bits per heavy atom. The van der Waals surface area contributed by atoms with E-state index in [-0.39, 0.29) is 17.9 Å². The van der Waals surface area contributed by atoms with Crippen LogP contribution in [0.25, 0.3) is 0 Å². The predicted molar refractivity (Wildman–Crippen MR) is 78.3 cm³/mol. The number of morpholine rings is 1. The fourth-order valence-electron chi connectivity index (χ4n) is 2.58. The number of nitrogens with one attached hydrogen (secondary N) is 1. The summed E-state index contributed by atoms with van der Waals surface area (Å²) >= 11 is 0. The molecule has 1 fully saturated rings. The Balaban J connectivity index is 2.40. The zero-order valence-corrected chi connectivity index (χ0v) is 13.2. The van der Waals surface area contributed by atoms with Crippen molar-refractivity contribution in [2.24, 2.45) is 0 Å². The van der Waals surface area contributed by atoms with Crippen LogP contribution in [0.15, 0.2) is 0 Å². The van der Waals surface area contributed by atoms with Crippen LogP contribution in [0, 0.1) is 0 Å². The molecule has 0 aliphatic carbocycles. The van der Waals surface area contributed by atoms with Gasteiger partial charge in [-0.2, -0.15) is 0 Å². The van der Waals surface area contributed by atoms with E-state index in [1.54, 1.807) is 0 Å². The average molecular weight is 292 g/mol. The molecule has 0 spiro atoms. The van der Waals surface area contributed by atoms with E-state index in [0.717, 1.165) is 39.1 Å². The van der Waals surface area contributed by atoms with Gasteiger partial charge in [0.25, 0.3) is 0 Å². The quantitative estimate of drug-likeness (QED) is 0.706. The molecular formula is C13H28N2O3S. The van der Waals surface area contributed by atoms with Gasteiger partial charge >= 0.3 is 0 Å². The molecule has 1 heterocycles. The van der Waals surface area contributed by atoms with Crippen molar-refractivity contribution in [3.8, 4) is 0 Å². The van der Waals surface area contributed by atoms with Crippen LogP contribution in [0.1, 0.15) is 26.2 Å². The molecule has 0 saturated carbocycles. The maximum Gasteiger partial charge on any atom is 0.147 e. The summed E-state index contributed by atoms with van der Waals surface area (Å²) in [6.07, 6.45) is 4.16. The standard InChI is InChI=1S/C13H28N2O3S/c1-4-7-15-8-9-18-13(11-15)12(14-2)6-5-10-19(3,16)17/h12-14H,4-11H2,1-3H3. The molecule has 1 aliphatic heterocycles. The third-order valence-corrected chi connectivity index (χ3v) is 4.60. The lowest BCUT2D eigenvalue weighted by Crippen LogP contribution is -2.51. The van der Waals surface area contributed by atoms with Gasteiger partial charge in [0.2, 0.25) is 0 Å². The highest BCUT2D eigenvalue weighted by atomic mass is 32.2. The summed E-state index contributed by atoms with van der Waals surface area (Å²) in [6, 6.07) is 0.237. The molecule has 1 N–H and O–H groups in total. The van der Waals surface area contributed by atoms with Crippen molar-refractivity contribution < 1.29 is 13.2 Å². The van der Waals surface area contributed by atoms with Crippen molar-refractivity contribution in [1.82, 2.24) is 10.2 Å². The number of sulfone groups is 1. The van der Waals surface area contributed by atoms with Crippen LogP contribution >= 0.6 is 0 Å². The van der Waals surface area contributed by atoms with Crippen molar-refractivity contribution in [3.63, 3.8) is 0 Å². The summed E-state index contributed by atoms with van der Waals surface area (Å²) in [5, 5.41) is 3.27. The van der Waals surface area contributed by atoms with Crippen molar-refractivity contribution in [2.45, 2.75) is 38.3 Å². The van der Waals surface area contributed by atoms with Crippen LogP contribution in [-0.4, -0.2) is 70.8 Å². The topological polar surface area (TPSA) is 58.6 Å². The lowest BCUT2D eigenvalue weighted by Gasteiger charge is -2.37. The minimum absolute atomic E-state index is 0.171. The molecule has 2 unspecified atom stereocenters. The zero-order chi connectivity index (χ0) is 14.3. The van der Waals surface area contributed by atoms with Crippen LogP contribution in [0.2, 0.25) is 0 Å². The average Bonchev–Trinajstić information content (AvgIpc) is 2.34. The van der Waals surface area contributed by atoms with E-state index < -0.39 is 9.84 Å². The normalized spacial score (nSPS) is 23.4. The van der Waals surface area contributed by atoms with Gasteiger partial charge in [-0.25, -0.2) is 8.42 Å². The number of hydrogen-bond acceptors (Lipinski definition) is 5. The van der Waals surface area contributed by atoms with E-state index in [2.05, 4.69) is 17.1 Å². The number of ether oxygens (including phenoxy) is 1. The summed E-state index contributed by atoms with van der Waals surface area (Å²) in [6.45, 7) is 6.02. The number of nitrogens with zero attached hydrogens (tertiary/aromatic N) is 1. The molecule has 19 heavy (non-hydrogen) atoms. The first-order valence-corrected chi connectivity index (χ1v) is 9.21. The first-order chi connectivity index (χ1) is 8.96. The van der Waals surface area contributed by atoms with Crippen molar-refractivity contribution in [2.75, 3.05) is 45.3 Å². The number of likely N-dealkylation sites (N-methyl/N-ethyl adjacent to an activating group) is 1. The van der Waals surface area contributed by atoms with E-state index in [1.807, 2.05) is 7.05 Å². The Morgan fingerprint density at radius 3 is 2.79 bits per heavy atom. The molecule has 0 aromatic rings. The lowest BCUT2D eigenvalue weighted by molar-refractivity contribution is -0.0464. The molecule has 1 rings (SSSR count). The van der Waals surface area contributed by atoms with E-state index in [1.165, 1.54) is 6.26 Å². The van der Waals surface area contributed by atoms with Gasteiger partial charge in [-0.15, -0.1) is 0 Å². The molecule has 114 valence electrons. The molecule has 5 nitrogen and oxygen atoms in total. The van der Waals surface area contributed by atoms with E-state index in [0.29, 0.717) is 6.42 Å². The molecule has 0 radical (unpaired) electrons. The summed E-state index contributed by atoms with van der Waals surface area (Å²) in [4.78, 5) is 2.43. The summed E-state index contributed by atoms with van der Waals surface area (Å²) in [5.41, 5.74) is 0. The second kappa shape index (κ2) is 8.19. The maximum atomic E-state index is 11.2. The fourth-order valence-corrected chi connectivity index (χ4v) is 3.27. The Kier molecular flexibility index (Phi) is 7.28. The molecule has 6 heteroatoms. The highest BCUT2D eigenvalue weighted by Crippen LogP contribution is 2.13. The lowest BCUT2D eigenvalue weighted by atomic mass is 10.0. The molecule has 0 bridgehead atoms. The van der Waals surface area contributed by atoms with Gasteiger partial charge in [-0.05, 0) is 32.9 Å². The van der Waals surface area contributed by atoms with Gasteiger partial charge in [0, 0.05) is 31.1 Å². The van der Waals surface area contributed by atoms with E-state index >= 15 is 0 Å². The van der Waals surface area contributed by atoms with Crippen LogP contribution in [0.5, 0.6) is 0 Å². The van der Waals surface area contributed by atoms with E-state index in [4.69, 9.17) is 4.74 Å². The molecule has 2 atom stereocenters. The van der Waals surface area contributed by atoms with Crippen LogP contribution < -0.4 is 5.32 Å². The highest BCUT2D eigenvalue weighted by molar-refractivity contribution is 7.90. The second-order valence-electron chi connectivity index (χ2n) is 5.38. The summed E-state index contributed by atoms with van der Waals surface area (Å²) in [5.74, 6) is 0.260. The summed E-state index contributed by atoms with van der Waals surface area (Å²) in [7, 11) is -0.933. The first-order valence-electron chi connectivity index (χ1n) is 7.15. The van der Waals surface area contributed by atoms with Gasteiger partial charge < -0.3 is 10.1 Å². The maximum absolute atomic E-state index is 11.2. The van der Waals surface area contributed by atoms with Crippen LogP contribution in [0.4, 0.5) is 0 Å². The Hall–Kier alpha value is -0.170. The molecule has 1 saturated heterocycles. The fraction of sp³-hybridized carbons (Fsp3) is 1.00. The Morgan fingerprint density at radius 2 is 2.21 bits per heavy atom. The number of rotatable bonds is 8.